The molecular weight excluding hydrogens is 379 g/mol. The first-order valence-electron chi connectivity index (χ1n) is 7.66. The van der Waals surface area contributed by atoms with Crippen molar-refractivity contribution in [3.63, 3.8) is 0 Å². The SMILES string of the molecule is O=C([O-])CN(CCOCCOCCN(CC(=O)O)CC(=O)O)CC(=O)O.[Na+]. The molecular formula is C14H23N2NaO10. The van der Waals surface area contributed by atoms with E-state index < -0.39 is 50.1 Å². The molecule has 0 aromatic heterocycles. The summed E-state index contributed by atoms with van der Waals surface area (Å²) in [6, 6.07) is 0. The van der Waals surface area contributed by atoms with Gasteiger partial charge in [-0.15, -0.1) is 0 Å². The van der Waals surface area contributed by atoms with Gasteiger partial charge in [0.05, 0.1) is 52.0 Å². The van der Waals surface area contributed by atoms with Gasteiger partial charge in [0.2, 0.25) is 0 Å². The van der Waals surface area contributed by atoms with Gasteiger partial charge in [-0.1, -0.05) is 0 Å². The van der Waals surface area contributed by atoms with E-state index in [9.17, 15) is 24.3 Å². The van der Waals surface area contributed by atoms with Gasteiger partial charge in [-0.2, -0.15) is 0 Å². The number of carboxylic acid groups (broad SMARTS) is 4. The number of aliphatic carboxylic acids is 4. The van der Waals surface area contributed by atoms with Crippen LogP contribution in [0, 0.1) is 0 Å². The van der Waals surface area contributed by atoms with Gasteiger partial charge >= 0.3 is 47.5 Å². The number of carbonyl (C=O) groups is 4. The standard InChI is InChI=1S/C14H24N2O10.Na/c17-11(18)7-15(8-12(19)20)1-3-25-5-6-26-4-2-16(9-13(21)22)10-14(23)24;/h1-10H2,(H,17,18)(H,19,20)(H,21,22)(H,23,24);/q;+1/p-1. The summed E-state index contributed by atoms with van der Waals surface area (Å²) in [7, 11) is 0. The molecule has 13 heteroatoms. The minimum atomic E-state index is -1.39. The van der Waals surface area contributed by atoms with Gasteiger partial charge in [0.25, 0.3) is 0 Å². The van der Waals surface area contributed by atoms with Crippen LogP contribution in [0.4, 0.5) is 0 Å². The Kier molecular flexibility index (Phi) is 17.4. The number of hydrogen-bond donors (Lipinski definition) is 3. The van der Waals surface area contributed by atoms with Crippen LogP contribution in [0.5, 0.6) is 0 Å². The van der Waals surface area contributed by atoms with E-state index in [1.807, 2.05) is 0 Å². The van der Waals surface area contributed by atoms with E-state index >= 15 is 0 Å². The molecule has 27 heavy (non-hydrogen) atoms. The molecule has 0 saturated carbocycles. The molecule has 0 unspecified atom stereocenters. The maximum absolute atomic E-state index is 10.6. The third-order valence-corrected chi connectivity index (χ3v) is 2.91. The average Bonchev–Trinajstić information content (AvgIpc) is 2.47. The average molecular weight is 402 g/mol. The zero-order chi connectivity index (χ0) is 19.9. The predicted octanol–water partition coefficient (Wildman–Crippen LogP) is -6.37. The Morgan fingerprint density at radius 3 is 1.30 bits per heavy atom. The molecule has 0 aromatic rings. The van der Waals surface area contributed by atoms with Crippen LogP contribution in [0.25, 0.3) is 0 Å². The van der Waals surface area contributed by atoms with E-state index in [-0.39, 0.29) is 69.1 Å². The normalized spacial score (nSPS) is 10.6. The number of nitrogens with zero attached hydrogens (tertiary/aromatic N) is 2. The molecule has 0 fully saturated rings. The fourth-order valence-electron chi connectivity index (χ4n) is 1.89. The van der Waals surface area contributed by atoms with Gasteiger partial charge in [-0.3, -0.25) is 24.2 Å². The molecule has 0 radical (unpaired) electrons. The van der Waals surface area contributed by atoms with Crippen molar-refractivity contribution in [3.8, 4) is 0 Å². The second kappa shape index (κ2) is 16.9. The minimum Gasteiger partial charge on any atom is -0.549 e. The Labute approximate surface area is 177 Å². The van der Waals surface area contributed by atoms with Crippen molar-refractivity contribution in [3.05, 3.63) is 0 Å². The quantitative estimate of drug-likeness (QED) is 0.155. The summed E-state index contributed by atoms with van der Waals surface area (Å²) in [5.74, 6) is -4.84. The van der Waals surface area contributed by atoms with Crippen molar-refractivity contribution in [1.29, 1.82) is 0 Å². The first-order valence-corrected chi connectivity index (χ1v) is 7.66. The number of rotatable bonds is 17. The summed E-state index contributed by atoms with van der Waals surface area (Å²) >= 11 is 0. The van der Waals surface area contributed by atoms with Crippen LogP contribution in [0.3, 0.4) is 0 Å². The maximum Gasteiger partial charge on any atom is 1.00 e. The second-order valence-electron chi connectivity index (χ2n) is 5.20. The Morgan fingerprint density at radius 1 is 0.667 bits per heavy atom. The van der Waals surface area contributed by atoms with Crippen LogP contribution in [-0.2, 0) is 28.7 Å². The van der Waals surface area contributed by atoms with E-state index in [1.165, 1.54) is 4.90 Å². The van der Waals surface area contributed by atoms with Crippen molar-refractivity contribution in [2.24, 2.45) is 0 Å². The Hall–Kier alpha value is -1.28. The Morgan fingerprint density at radius 2 is 1.00 bits per heavy atom. The maximum atomic E-state index is 10.6. The third-order valence-electron chi connectivity index (χ3n) is 2.91. The molecule has 0 heterocycles. The minimum absolute atomic E-state index is 0. The van der Waals surface area contributed by atoms with Crippen LogP contribution in [0.1, 0.15) is 0 Å². The van der Waals surface area contributed by atoms with Gasteiger partial charge in [-0.25, -0.2) is 0 Å². The fraction of sp³-hybridized carbons (Fsp3) is 0.714. The molecule has 0 atom stereocenters. The molecule has 0 aliphatic heterocycles. The number of carbonyl (C=O) groups excluding carboxylic acids is 1. The van der Waals surface area contributed by atoms with E-state index in [0.29, 0.717) is 0 Å². The van der Waals surface area contributed by atoms with E-state index in [0.717, 1.165) is 4.90 Å². The van der Waals surface area contributed by atoms with Gasteiger partial charge in [0, 0.05) is 19.6 Å². The van der Waals surface area contributed by atoms with Gasteiger partial charge < -0.3 is 34.7 Å². The summed E-state index contributed by atoms with van der Waals surface area (Å²) in [6.07, 6.45) is 0. The number of hydrogen-bond acceptors (Lipinski definition) is 9. The van der Waals surface area contributed by atoms with Crippen molar-refractivity contribution in [1.82, 2.24) is 9.80 Å². The van der Waals surface area contributed by atoms with Crippen molar-refractivity contribution in [2.45, 2.75) is 0 Å². The Balaban J connectivity index is 0. The number of carboxylic acids is 4. The van der Waals surface area contributed by atoms with E-state index in [1.54, 1.807) is 0 Å². The first-order chi connectivity index (χ1) is 12.2. The Bertz CT molecular complexity index is 403. The zero-order valence-corrected chi connectivity index (χ0v) is 17.2. The molecule has 0 aliphatic rings. The molecule has 12 nitrogen and oxygen atoms in total. The molecule has 3 N–H and O–H groups in total. The molecule has 150 valence electrons. The summed E-state index contributed by atoms with van der Waals surface area (Å²) < 4.78 is 10.4. The van der Waals surface area contributed by atoms with Crippen LogP contribution in [0.2, 0.25) is 0 Å². The summed E-state index contributed by atoms with van der Waals surface area (Å²) in [5, 5.41) is 36.5. The molecule has 0 saturated heterocycles. The van der Waals surface area contributed by atoms with Crippen molar-refractivity contribution < 1.29 is 78.6 Å². The second-order valence-corrected chi connectivity index (χ2v) is 5.20. The summed E-state index contributed by atoms with van der Waals surface area (Å²) in [4.78, 5) is 44.7. The van der Waals surface area contributed by atoms with E-state index in [4.69, 9.17) is 24.8 Å². The fourth-order valence-corrected chi connectivity index (χ4v) is 1.89. The molecule has 0 rings (SSSR count). The van der Waals surface area contributed by atoms with E-state index in [2.05, 4.69) is 0 Å². The zero-order valence-electron chi connectivity index (χ0n) is 15.2. The van der Waals surface area contributed by atoms with Crippen LogP contribution in [-0.4, -0.2) is 115 Å². The van der Waals surface area contributed by atoms with Crippen molar-refractivity contribution >= 4 is 23.9 Å². The van der Waals surface area contributed by atoms with Crippen LogP contribution >= 0.6 is 0 Å². The summed E-state index contributed by atoms with van der Waals surface area (Å²) in [6.45, 7) is -1.06. The van der Waals surface area contributed by atoms with Crippen molar-refractivity contribution in [2.75, 3.05) is 65.7 Å². The molecule has 0 aliphatic carbocycles. The molecule has 0 aromatic carbocycles. The topological polar surface area (TPSA) is 177 Å². The number of ether oxygens (including phenoxy) is 2. The predicted molar refractivity (Wildman–Crippen MR) is 82.4 cm³/mol. The molecule has 0 bridgehead atoms. The van der Waals surface area contributed by atoms with Gasteiger partial charge in [0.15, 0.2) is 0 Å². The van der Waals surface area contributed by atoms with Crippen LogP contribution < -0.4 is 34.7 Å². The first kappa shape index (κ1) is 27.9. The largest absolute Gasteiger partial charge is 1.00 e. The monoisotopic (exact) mass is 402 g/mol. The smallest absolute Gasteiger partial charge is 0.549 e. The molecule has 0 spiro atoms. The van der Waals surface area contributed by atoms with Crippen LogP contribution in [0.15, 0.2) is 0 Å². The third kappa shape index (κ3) is 19.3. The molecule has 0 amide bonds. The van der Waals surface area contributed by atoms with Gasteiger partial charge in [-0.05, 0) is 0 Å². The summed E-state index contributed by atoms with van der Waals surface area (Å²) in [5.41, 5.74) is 0. The van der Waals surface area contributed by atoms with Gasteiger partial charge in [0.1, 0.15) is 0 Å².